The lowest BCUT2D eigenvalue weighted by atomic mass is 10.1. The number of nitrogens with zero attached hydrogens (tertiary/aromatic N) is 1. The summed E-state index contributed by atoms with van der Waals surface area (Å²) in [5.41, 5.74) is 3.32. The molecule has 1 atom stereocenters. The summed E-state index contributed by atoms with van der Waals surface area (Å²) < 4.78 is 0.957. The smallest absolute Gasteiger partial charge is 0.242 e. The van der Waals surface area contributed by atoms with E-state index in [-0.39, 0.29) is 11.8 Å². The highest BCUT2D eigenvalue weighted by Crippen LogP contribution is 2.17. The van der Waals surface area contributed by atoms with Crippen LogP contribution in [0, 0.1) is 12.8 Å². The Morgan fingerprint density at radius 3 is 2.34 bits per heavy atom. The third-order valence-corrected chi connectivity index (χ3v) is 5.34. The molecule has 0 saturated heterocycles. The zero-order valence-corrected chi connectivity index (χ0v) is 19.3. The van der Waals surface area contributed by atoms with E-state index in [4.69, 9.17) is 0 Å². The Hall–Kier alpha value is -2.14. The predicted octanol–water partition coefficient (Wildman–Crippen LogP) is 4.88. The number of halogens is 1. The molecule has 2 aromatic rings. The van der Waals surface area contributed by atoms with Gasteiger partial charge in [0.1, 0.15) is 6.04 Å². The van der Waals surface area contributed by atoms with Crippen molar-refractivity contribution in [2.75, 3.05) is 6.54 Å². The molecule has 2 rings (SSSR count). The van der Waals surface area contributed by atoms with E-state index in [2.05, 4.69) is 59.4 Å². The second-order valence-electron chi connectivity index (χ2n) is 7.95. The summed E-state index contributed by atoms with van der Waals surface area (Å²) in [5.74, 6) is 0.233. The molecule has 0 fully saturated rings. The fourth-order valence-electron chi connectivity index (χ4n) is 3.02. The van der Waals surface area contributed by atoms with Gasteiger partial charge in [-0.3, -0.25) is 9.59 Å². The maximum Gasteiger partial charge on any atom is 0.242 e. The van der Waals surface area contributed by atoms with Crippen molar-refractivity contribution in [2.24, 2.45) is 5.92 Å². The summed E-state index contributed by atoms with van der Waals surface area (Å²) in [5, 5.41) is 2.95. The standard InChI is InChI=1S/C24H31BrN2O2/c1-17(2)15-26-24(29)19(4)27(16-21-6-5-7-22(25)14-21)23(28)13-12-20-10-8-18(3)9-11-20/h5-11,14,17,19H,12-13,15-16H2,1-4H3,(H,26,29)/t19-/m0/s1. The van der Waals surface area contributed by atoms with Gasteiger partial charge in [0.15, 0.2) is 0 Å². The summed E-state index contributed by atoms with van der Waals surface area (Å²) in [6.07, 6.45) is 1.04. The van der Waals surface area contributed by atoms with Gasteiger partial charge in [0, 0.05) is 24.0 Å². The number of hydrogen-bond donors (Lipinski definition) is 1. The van der Waals surface area contributed by atoms with Gasteiger partial charge in [0.05, 0.1) is 0 Å². The Bertz CT molecular complexity index is 818. The monoisotopic (exact) mass is 458 g/mol. The molecule has 0 aromatic heterocycles. The Morgan fingerprint density at radius 1 is 1.03 bits per heavy atom. The molecule has 1 N–H and O–H groups in total. The van der Waals surface area contributed by atoms with Crippen LogP contribution in [0.15, 0.2) is 53.0 Å². The molecule has 2 amide bonds. The summed E-state index contributed by atoms with van der Waals surface area (Å²) in [7, 11) is 0. The summed E-state index contributed by atoms with van der Waals surface area (Å²) >= 11 is 3.48. The molecular formula is C24H31BrN2O2. The van der Waals surface area contributed by atoms with Gasteiger partial charge in [-0.25, -0.2) is 0 Å². The minimum absolute atomic E-state index is 0.0160. The number of carbonyl (C=O) groups is 2. The minimum Gasteiger partial charge on any atom is -0.354 e. The number of amides is 2. The molecule has 0 aliphatic heterocycles. The van der Waals surface area contributed by atoms with E-state index < -0.39 is 6.04 Å². The molecule has 4 nitrogen and oxygen atoms in total. The molecule has 0 aliphatic carbocycles. The highest BCUT2D eigenvalue weighted by atomic mass is 79.9. The summed E-state index contributed by atoms with van der Waals surface area (Å²) in [4.78, 5) is 27.4. The van der Waals surface area contributed by atoms with Crippen LogP contribution >= 0.6 is 15.9 Å². The minimum atomic E-state index is -0.529. The first-order valence-electron chi connectivity index (χ1n) is 10.1. The number of nitrogens with one attached hydrogen (secondary N) is 1. The van der Waals surface area contributed by atoms with Crippen LogP contribution in [0.3, 0.4) is 0 Å². The van der Waals surface area contributed by atoms with Crippen molar-refractivity contribution in [2.45, 2.75) is 53.1 Å². The van der Waals surface area contributed by atoms with Crippen molar-refractivity contribution in [1.29, 1.82) is 0 Å². The first kappa shape index (κ1) is 23.1. The van der Waals surface area contributed by atoms with Gasteiger partial charge in [-0.2, -0.15) is 0 Å². The van der Waals surface area contributed by atoms with Crippen LogP contribution in [0.4, 0.5) is 0 Å². The first-order chi connectivity index (χ1) is 13.8. The molecule has 0 heterocycles. The maximum absolute atomic E-state index is 13.1. The van der Waals surface area contributed by atoms with Crippen LogP contribution in [-0.2, 0) is 22.6 Å². The molecule has 2 aromatic carbocycles. The van der Waals surface area contributed by atoms with Crippen LogP contribution in [0.5, 0.6) is 0 Å². The fourth-order valence-corrected chi connectivity index (χ4v) is 3.46. The maximum atomic E-state index is 13.1. The zero-order chi connectivity index (χ0) is 21.4. The van der Waals surface area contributed by atoms with Crippen molar-refractivity contribution in [1.82, 2.24) is 10.2 Å². The van der Waals surface area contributed by atoms with E-state index in [1.54, 1.807) is 11.8 Å². The van der Waals surface area contributed by atoms with Gasteiger partial charge in [0.25, 0.3) is 0 Å². The quantitative estimate of drug-likeness (QED) is 0.581. The van der Waals surface area contributed by atoms with Crippen molar-refractivity contribution in [3.8, 4) is 0 Å². The van der Waals surface area contributed by atoms with Crippen LogP contribution < -0.4 is 5.32 Å². The highest BCUT2D eigenvalue weighted by molar-refractivity contribution is 9.10. The predicted molar refractivity (Wildman–Crippen MR) is 122 cm³/mol. The Morgan fingerprint density at radius 2 is 1.72 bits per heavy atom. The van der Waals surface area contributed by atoms with E-state index in [0.717, 1.165) is 15.6 Å². The van der Waals surface area contributed by atoms with Crippen LogP contribution in [0.2, 0.25) is 0 Å². The van der Waals surface area contributed by atoms with Crippen molar-refractivity contribution in [3.05, 3.63) is 69.7 Å². The molecule has 0 saturated carbocycles. The van der Waals surface area contributed by atoms with Crippen LogP contribution in [-0.4, -0.2) is 29.3 Å². The molecule has 0 spiro atoms. The lowest BCUT2D eigenvalue weighted by Crippen LogP contribution is -2.48. The average molecular weight is 459 g/mol. The number of hydrogen-bond acceptors (Lipinski definition) is 2. The second-order valence-corrected chi connectivity index (χ2v) is 8.87. The fraction of sp³-hybridized carbons (Fsp3) is 0.417. The number of aryl methyl sites for hydroxylation is 2. The van der Waals surface area contributed by atoms with Crippen molar-refractivity contribution < 1.29 is 9.59 Å². The third kappa shape index (κ3) is 7.65. The van der Waals surface area contributed by atoms with Gasteiger partial charge in [-0.05, 0) is 49.4 Å². The molecule has 0 unspecified atom stereocenters. The molecule has 29 heavy (non-hydrogen) atoms. The molecule has 0 aliphatic rings. The van der Waals surface area contributed by atoms with Gasteiger partial charge in [-0.1, -0.05) is 71.7 Å². The van der Waals surface area contributed by atoms with Gasteiger partial charge in [0.2, 0.25) is 11.8 Å². The number of carbonyl (C=O) groups excluding carboxylic acids is 2. The SMILES string of the molecule is Cc1ccc(CCC(=O)N(Cc2cccc(Br)c2)[C@@H](C)C(=O)NCC(C)C)cc1. The van der Waals surface area contributed by atoms with E-state index >= 15 is 0 Å². The van der Waals surface area contributed by atoms with Crippen LogP contribution in [0.1, 0.15) is 43.9 Å². The van der Waals surface area contributed by atoms with E-state index in [1.165, 1.54) is 5.56 Å². The average Bonchev–Trinajstić information content (AvgIpc) is 2.69. The van der Waals surface area contributed by atoms with Crippen molar-refractivity contribution in [3.63, 3.8) is 0 Å². The lowest BCUT2D eigenvalue weighted by Gasteiger charge is -2.29. The first-order valence-corrected chi connectivity index (χ1v) is 10.9. The van der Waals surface area contributed by atoms with E-state index in [0.29, 0.717) is 31.8 Å². The van der Waals surface area contributed by atoms with Gasteiger partial charge < -0.3 is 10.2 Å². The zero-order valence-electron chi connectivity index (χ0n) is 17.7. The van der Waals surface area contributed by atoms with Gasteiger partial charge >= 0.3 is 0 Å². The topological polar surface area (TPSA) is 49.4 Å². The third-order valence-electron chi connectivity index (χ3n) is 4.84. The molecule has 156 valence electrons. The van der Waals surface area contributed by atoms with E-state index in [9.17, 15) is 9.59 Å². The molecular weight excluding hydrogens is 428 g/mol. The second kappa shape index (κ2) is 11.1. The largest absolute Gasteiger partial charge is 0.354 e. The molecule has 0 bridgehead atoms. The van der Waals surface area contributed by atoms with Gasteiger partial charge in [-0.15, -0.1) is 0 Å². The summed E-state index contributed by atoms with van der Waals surface area (Å²) in [6.45, 7) is 8.96. The normalized spacial score (nSPS) is 11.9. The summed E-state index contributed by atoms with van der Waals surface area (Å²) in [6, 6.07) is 15.5. The number of benzene rings is 2. The Labute approximate surface area is 182 Å². The highest BCUT2D eigenvalue weighted by Gasteiger charge is 2.26. The van der Waals surface area contributed by atoms with Crippen molar-refractivity contribution >= 4 is 27.7 Å². The van der Waals surface area contributed by atoms with Crippen LogP contribution in [0.25, 0.3) is 0 Å². The number of rotatable bonds is 9. The lowest BCUT2D eigenvalue weighted by molar-refractivity contribution is -0.140. The van der Waals surface area contributed by atoms with E-state index in [1.807, 2.05) is 31.2 Å². The molecule has 5 heteroatoms. The Balaban J connectivity index is 2.12. The molecule has 0 radical (unpaired) electrons. The Kier molecular flexibility index (Phi) is 8.90.